The highest BCUT2D eigenvalue weighted by Gasteiger charge is 2.60. The molecule has 0 aliphatic heterocycles. The zero-order valence-electron chi connectivity index (χ0n) is 24.2. The van der Waals surface area contributed by atoms with Crippen LogP contribution in [0, 0.1) is 11.3 Å². The first kappa shape index (κ1) is 30.6. The van der Waals surface area contributed by atoms with E-state index in [4.69, 9.17) is 4.74 Å². The summed E-state index contributed by atoms with van der Waals surface area (Å²) in [6, 6.07) is 4.90. The van der Waals surface area contributed by atoms with Crippen LogP contribution in [-0.4, -0.2) is 52.9 Å². The van der Waals surface area contributed by atoms with Gasteiger partial charge in [0.05, 0.1) is 24.1 Å². The van der Waals surface area contributed by atoms with Crippen LogP contribution >= 0.6 is 0 Å². The molecule has 8 nitrogen and oxygen atoms in total. The summed E-state index contributed by atoms with van der Waals surface area (Å²) in [6.45, 7) is 6.67. The van der Waals surface area contributed by atoms with Gasteiger partial charge in [-0.25, -0.2) is 9.97 Å². The maximum Gasteiger partial charge on any atom is 0.419 e. The second kappa shape index (κ2) is 12.7. The lowest BCUT2D eigenvalue weighted by atomic mass is 9.78. The van der Waals surface area contributed by atoms with Crippen molar-refractivity contribution >= 4 is 23.5 Å². The fourth-order valence-corrected chi connectivity index (χ4v) is 6.52. The summed E-state index contributed by atoms with van der Waals surface area (Å²) in [6.07, 6.45) is 2.88. The molecule has 2 aliphatic rings. The lowest BCUT2D eigenvalue weighted by Crippen LogP contribution is -2.47. The van der Waals surface area contributed by atoms with E-state index in [1.165, 1.54) is 7.11 Å². The number of benzene rings is 1. The Bertz CT molecular complexity index is 1250. The van der Waals surface area contributed by atoms with Gasteiger partial charge in [0.25, 0.3) is 5.91 Å². The van der Waals surface area contributed by atoms with E-state index in [1.807, 2.05) is 11.8 Å². The molecule has 1 unspecified atom stereocenters. The lowest BCUT2D eigenvalue weighted by Gasteiger charge is -2.41. The Labute approximate surface area is 239 Å². The molecular weight excluding hydrogens is 535 g/mol. The van der Waals surface area contributed by atoms with E-state index in [-0.39, 0.29) is 47.3 Å². The highest BCUT2D eigenvalue weighted by Crippen LogP contribution is 2.64. The molecule has 2 saturated carbocycles. The zero-order chi connectivity index (χ0) is 29.8. The quantitative estimate of drug-likeness (QED) is 0.334. The maximum absolute atomic E-state index is 13.9. The number of nitrogens with one attached hydrogen (secondary N) is 2. The first-order valence-corrected chi connectivity index (χ1v) is 14.5. The molecule has 0 bridgehead atoms. The van der Waals surface area contributed by atoms with Crippen molar-refractivity contribution in [3.8, 4) is 5.75 Å². The number of amides is 2. The van der Waals surface area contributed by atoms with Crippen molar-refractivity contribution in [1.82, 2.24) is 20.2 Å². The summed E-state index contributed by atoms with van der Waals surface area (Å²) < 4.78 is 47.2. The van der Waals surface area contributed by atoms with Crippen LogP contribution in [0.15, 0.2) is 24.4 Å². The zero-order valence-corrected chi connectivity index (χ0v) is 24.2. The lowest BCUT2D eigenvalue weighted by molar-refractivity contribution is -0.139. The Morgan fingerprint density at radius 1 is 1.22 bits per heavy atom. The van der Waals surface area contributed by atoms with Gasteiger partial charge in [-0.05, 0) is 75.0 Å². The second-order valence-corrected chi connectivity index (χ2v) is 11.1. The van der Waals surface area contributed by atoms with E-state index in [0.717, 1.165) is 44.7 Å². The molecule has 4 rings (SSSR count). The fraction of sp³-hybridized carbons (Fsp3) is 0.600. The molecule has 41 heavy (non-hydrogen) atoms. The minimum atomic E-state index is -4.58. The summed E-state index contributed by atoms with van der Waals surface area (Å²) in [4.78, 5) is 34.9. The van der Waals surface area contributed by atoms with Crippen LogP contribution in [-0.2, 0) is 17.4 Å². The molecule has 224 valence electrons. The summed E-state index contributed by atoms with van der Waals surface area (Å²) in [5.74, 6) is 0.419. The van der Waals surface area contributed by atoms with E-state index in [1.54, 1.807) is 25.1 Å². The Morgan fingerprint density at radius 3 is 2.66 bits per heavy atom. The molecular formula is C30H40F3N5O3. The third kappa shape index (κ3) is 6.76. The number of anilines is 2. The molecule has 2 fully saturated rings. The molecule has 1 aromatic heterocycles. The first-order valence-electron chi connectivity index (χ1n) is 14.5. The molecule has 11 heteroatoms. The first-order chi connectivity index (χ1) is 19.5. The molecule has 1 spiro atoms. The third-order valence-corrected chi connectivity index (χ3v) is 8.51. The summed E-state index contributed by atoms with van der Waals surface area (Å²) >= 11 is 0. The minimum Gasteiger partial charge on any atom is -0.495 e. The predicted octanol–water partition coefficient (Wildman–Crippen LogP) is 6.14. The van der Waals surface area contributed by atoms with Gasteiger partial charge in [-0.15, -0.1) is 0 Å². The van der Waals surface area contributed by atoms with Gasteiger partial charge in [0.15, 0.2) is 0 Å². The number of rotatable bonds is 11. The molecule has 3 atom stereocenters. The number of aromatic nitrogens is 2. The number of carbonyl (C=O) groups excluding carboxylic acids is 2. The van der Waals surface area contributed by atoms with Crippen LogP contribution in [0.25, 0.3) is 0 Å². The summed E-state index contributed by atoms with van der Waals surface area (Å²) in [7, 11) is 1.44. The minimum absolute atomic E-state index is 0.00915. The smallest absolute Gasteiger partial charge is 0.419 e. The third-order valence-electron chi connectivity index (χ3n) is 8.51. The van der Waals surface area contributed by atoms with E-state index in [9.17, 15) is 22.8 Å². The van der Waals surface area contributed by atoms with Crippen molar-refractivity contribution in [2.45, 2.75) is 84.4 Å². The van der Waals surface area contributed by atoms with E-state index in [0.29, 0.717) is 36.5 Å². The number of aryl methyl sites for hydroxylation is 1. The van der Waals surface area contributed by atoms with E-state index in [2.05, 4.69) is 27.5 Å². The van der Waals surface area contributed by atoms with Crippen LogP contribution < -0.4 is 15.4 Å². The number of hydrogen-bond donors (Lipinski definition) is 2. The van der Waals surface area contributed by atoms with Crippen molar-refractivity contribution in [2.24, 2.45) is 11.3 Å². The number of methoxy groups -OCH3 is 1. The fourth-order valence-electron chi connectivity index (χ4n) is 6.52. The number of carbonyl (C=O) groups is 2. The average Bonchev–Trinajstić information content (AvgIpc) is 3.62. The topological polar surface area (TPSA) is 96.5 Å². The Balaban J connectivity index is 1.53. The Morgan fingerprint density at radius 2 is 2.00 bits per heavy atom. The van der Waals surface area contributed by atoms with E-state index < -0.39 is 11.7 Å². The van der Waals surface area contributed by atoms with Gasteiger partial charge in [0.2, 0.25) is 11.9 Å². The van der Waals surface area contributed by atoms with Crippen molar-refractivity contribution in [3.05, 3.63) is 41.2 Å². The number of alkyl halides is 3. The van der Waals surface area contributed by atoms with Crippen molar-refractivity contribution in [1.29, 1.82) is 0 Å². The molecule has 2 aliphatic carbocycles. The Kier molecular flexibility index (Phi) is 9.44. The molecule has 2 amide bonds. The maximum atomic E-state index is 13.9. The monoisotopic (exact) mass is 575 g/mol. The standard InChI is InChI=1S/C30H40F3N5O3/c1-5-15-38(19(3)39)26-9-7-8-14-29(26)17-21(29)11-13-23-22(30(31,32)33)18-35-28(36-23)37-24-12-10-20(16-25(24)41-4)27(40)34-6-2/h10,12,16,18,21,26H,5-9,11,13-15,17H2,1-4H3,(H,34,40)(H,35,36,37)/t21?,26-,29+/m1/s1. The van der Waals surface area contributed by atoms with Crippen LogP contribution in [0.5, 0.6) is 5.75 Å². The van der Waals surface area contributed by atoms with Gasteiger partial charge in [-0.2, -0.15) is 13.2 Å². The summed E-state index contributed by atoms with van der Waals surface area (Å²) in [5, 5.41) is 5.67. The van der Waals surface area contributed by atoms with Crippen LogP contribution in [0.1, 0.15) is 87.3 Å². The highest BCUT2D eigenvalue weighted by molar-refractivity contribution is 5.95. The number of nitrogens with zero attached hydrogens (tertiary/aromatic N) is 3. The van der Waals surface area contributed by atoms with Crippen molar-refractivity contribution < 1.29 is 27.5 Å². The van der Waals surface area contributed by atoms with Gasteiger partial charge < -0.3 is 20.3 Å². The van der Waals surface area contributed by atoms with Crippen LogP contribution in [0.4, 0.5) is 24.8 Å². The van der Waals surface area contributed by atoms with Crippen LogP contribution in [0.2, 0.25) is 0 Å². The molecule has 0 saturated heterocycles. The van der Waals surface area contributed by atoms with Gasteiger partial charge in [0.1, 0.15) is 5.75 Å². The number of hydrogen-bond acceptors (Lipinski definition) is 6. The SMILES string of the molecule is CCCN(C(C)=O)[C@@H]1CCCC[C@@]12CC2CCc1nc(Nc2ccc(C(=O)NCC)cc2OC)ncc1C(F)(F)F. The molecule has 0 radical (unpaired) electrons. The normalized spacial score (nSPS) is 21.8. The predicted molar refractivity (Wildman–Crippen MR) is 150 cm³/mol. The summed E-state index contributed by atoms with van der Waals surface area (Å²) in [5.41, 5.74) is -0.0834. The largest absolute Gasteiger partial charge is 0.495 e. The highest BCUT2D eigenvalue weighted by atomic mass is 19.4. The van der Waals surface area contributed by atoms with Crippen molar-refractivity contribution in [3.63, 3.8) is 0 Å². The van der Waals surface area contributed by atoms with Crippen molar-refractivity contribution in [2.75, 3.05) is 25.5 Å². The molecule has 2 N–H and O–H groups in total. The molecule has 1 heterocycles. The molecule has 2 aromatic rings. The van der Waals surface area contributed by atoms with Gasteiger partial charge in [-0.1, -0.05) is 19.8 Å². The average molecular weight is 576 g/mol. The van der Waals surface area contributed by atoms with Crippen LogP contribution in [0.3, 0.4) is 0 Å². The number of halogens is 3. The molecule has 1 aromatic carbocycles. The number of ether oxygens (including phenoxy) is 1. The Hall–Kier alpha value is -3.37. The van der Waals surface area contributed by atoms with Gasteiger partial charge >= 0.3 is 6.18 Å². The van der Waals surface area contributed by atoms with Gasteiger partial charge in [-0.3, -0.25) is 9.59 Å². The van der Waals surface area contributed by atoms with E-state index >= 15 is 0 Å². The van der Waals surface area contributed by atoms with Gasteiger partial charge in [0, 0.05) is 37.8 Å². The second-order valence-electron chi connectivity index (χ2n) is 11.1.